The summed E-state index contributed by atoms with van der Waals surface area (Å²) < 4.78 is 12.6. The second-order valence-corrected chi connectivity index (χ2v) is 3.71. The van der Waals surface area contributed by atoms with E-state index in [1.165, 1.54) is 17.7 Å². The summed E-state index contributed by atoms with van der Waals surface area (Å²) in [5.41, 5.74) is 4.09. The van der Waals surface area contributed by atoms with Gasteiger partial charge in [-0.3, -0.25) is 0 Å². The van der Waals surface area contributed by atoms with Crippen LogP contribution >= 0.6 is 11.6 Å². The minimum Gasteiger partial charge on any atom is -0.207 e. The van der Waals surface area contributed by atoms with Gasteiger partial charge in [-0.25, -0.2) is 4.39 Å². The highest BCUT2D eigenvalue weighted by atomic mass is 35.5. The van der Waals surface area contributed by atoms with Crippen molar-refractivity contribution < 1.29 is 4.39 Å². The van der Waals surface area contributed by atoms with E-state index in [4.69, 9.17) is 11.6 Å². The summed E-state index contributed by atoms with van der Waals surface area (Å²) in [7, 11) is 0. The van der Waals surface area contributed by atoms with Gasteiger partial charge in [0, 0.05) is 17.9 Å². The molecule has 0 heterocycles. The largest absolute Gasteiger partial charge is 0.207 e. The van der Waals surface area contributed by atoms with Crippen LogP contribution in [0.3, 0.4) is 0 Å². The van der Waals surface area contributed by atoms with Crippen molar-refractivity contribution in [2.24, 2.45) is 11.8 Å². The quantitative estimate of drug-likeness (QED) is 0.371. The Balaban J connectivity index is 2.22. The van der Waals surface area contributed by atoms with E-state index in [2.05, 4.69) is 5.73 Å². The minimum atomic E-state index is -0.334. The highest BCUT2D eigenvalue weighted by molar-refractivity contribution is 6.30. The number of allylic oxidation sites excluding steroid dienone is 3. The molecule has 2 unspecified atom stereocenters. The molecule has 0 spiro atoms. The Hall–Kier alpha value is -0.520. The zero-order valence-electron chi connectivity index (χ0n) is 5.07. The molecule has 4 aliphatic carbocycles. The lowest BCUT2D eigenvalue weighted by Crippen LogP contribution is -2.06. The van der Waals surface area contributed by atoms with Gasteiger partial charge in [0.15, 0.2) is 0 Å². The predicted octanol–water partition coefficient (Wildman–Crippen LogP) is 2.17. The van der Waals surface area contributed by atoms with E-state index in [0.29, 0.717) is 11.8 Å². The molecular formula is C8H4ClF. The van der Waals surface area contributed by atoms with Crippen LogP contribution in [0.5, 0.6) is 0 Å². The van der Waals surface area contributed by atoms with Crippen molar-refractivity contribution in [2.45, 2.75) is 4.87 Å². The molecule has 3 atom stereocenters. The molecule has 2 saturated carbocycles. The zero-order chi connectivity index (χ0) is 6.93. The lowest BCUT2D eigenvalue weighted by atomic mass is 10.1. The Labute approximate surface area is 62.7 Å². The maximum absolute atomic E-state index is 12.6. The van der Waals surface area contributed by atoms with Gasteiger partial charge in [-0.05, 0) is 11.6 Å². The molecule has 0 radical (unpaired) electrons. The first-order chi connectivity index (χ1) is 4.73. The molecule has 50 valence electrons. The van der Waals surface area contributed by atoms with Crippen molar-refractivity contribution in [1.29, 1.82) is 0 Å². The van der Waals surface area contributed by atoms with Gasteiger partial charge in [0.2, 0.25) is 0 Å². The first-order valence-electron chi connectivity index (χ1n) is 3.27. The average molecular weight is 155 g/mol. The summed E-state index contributed by atoms with van der Waals surface area (Å²) in [4.78, 5) is -0.334. The van der Waals surface area contributed by atoms with Gasteiger partial charge < -0.3 is 0 Å². The molecule has 0 N–H and O–H groups in total. The Morgan fingerprint density at radius 2 is 2.30 bits per heavy atom. The third kappa shape index (κ3) is 0.361. The maximum atomic E-state index is 12.6. The van der Waals surface area contributed by atoms with Crippen LogP contribution in [-0.4, -0.2) is 4.87 Å². The second kappa shape index (κ2) is 1.13. The fourth-order valence-electron chi connectivity index (χ4n) is 1.78. The first-order valence-corrected chi connectivity index (χ1v) is 3.65. The minimum absolute atomic E-state index is 0.241. The van der Waals surface area contributed by atoms with E-state index in [9.17, 15) is 4.39 Å². The SMILES string of the molecule is FC1=CC2(Cl)C3C(=C=C1)[C@@H]32. The van der Waals surface area contributed by atoms with E-state index in [1.54, 1.807) is 0 Å². The van der Waals surface area contributed by atoms with Crippen molar-refractivity contribution in [2.75, 3.05) is 0 Å². The van der Waals surface area contributed by atoms with Gasteiger partial charge in [0.1, 0.15) is 5.83 Å². The van der Waals surface area contributed by atoms with E-state index >= 15 is 0 Å². The fraction of sp³-hybridized carbons (Fsp3) is 0.375. The van der Waals surface area contributed by atoms with Crippen LogP contribution in [0.25, 0.3) is 0 Å². The van der Waals surface area contributed by atoms with Gasteiger partial charge >= 0.3 is 0 Å². The summed E-state index contributed by atoms with van der Waals surface area (Å²) in [6.07, 6.45) is 2.88. The Kier molecular flexibility index (Phi) is 0.585. The monoisotopic (exact) mass is 154 g/mol. The van der Waals surface area contributed by atoms with E-state index in [0.717, 1.165) is 0 Å². The zero-order valence-corrected chi connectivity index (χ0v) is 5.82. The smallest absolute Gasteiger partial charge is 0.128 e. The Morgan fingerprint density at radius 1 is 1.60 bits per heavy atom. The van der Waals surface area contributed by atoms with Crippen LogP contribution in [0.2, 0.25) is 0 Å². The number of hydrogen-bond donors (Lipinski definition) is 0. The Morgan fingerprint density at radius 3 is 3.00 bits per heavy atom. The number of halogens is 2. The number of alkyl halides is 1. The van der Waals surface area contributed by atoms with Crippen LogP contribution in [0.4, 0.5) is 4.39 Å². The standard InChI is InChI=1S/C8H4ClF/c9-8-3-4(10)1-2-5-6(8)7(5)8/h1,3,6-7H/t6-,7?,8?/m0/s1. The van der Waals surface area contributed by atoms with Gasteiger partial charge in [-0.2, -0.15) is 0 Å². The molecule has 2 fully saturated rings. The van der Waals surface area contributed by atoms with Gasteiger partial charge in [0.25, 0.3) is 0 Å². The normalized spacial score (nSPS) is 52.6. The van der Waals surface area contributed by atoms with Crippen molar-refractivity contribution >= 4 is 11.6 Å². The molecule has 4 aliphatic rings. The Bertz CT molecular complexity index is 308. The highest BCUT2D eigenvalue weighted by Gasteiger charge is 2.80. The summed E-state index contributed by atoms with van der Waals surface area (Å²) in [6, 6.07) is 0. The van der Waals surface area contributed by atoms with Crippen molar-refractivity contribution in [3.63, 3.8) is 0 Å². The summed E-state index contributed by atoms with van der Waals surface area (Å²) in [5.74, 6) is 0.618. The topological polar surface area (TPSA) is 0 Å². The molecule has 2 heteroatoms. The van der Waals surface area contributed by atoms with E-state index in [-0.39, 0.29) is 10.7 Å². The molecule has 0 aromatic rings. The van der Waals surface area contributed by atoms with E-state index < -0.39 is 0 Å². The van der Waals surface area contributed by atoms with E-state index in [1.807, 2.05) is 0 Å². The predicted molar refractivity (Wildman–Crippen MR) is 36.4 cm³/mol. The molecule has 0 aromatic heterocycles. The molecule has 2 bridgehead atoms. The summed E-state index contributed by atoms with van der Waals surface area (Å²) in [6.45, 7) is 0. The number of fused-ring (bicyclic) bond motifs is 1. The second-order valence-electron chi connectivity index (χ2n) is 3.06. The van der Waals surface area contributed by atoms with Crippen LogP contribution in [0.1, 0.15) is 0 Å². The molecule has 0 aromatic carbocycles. The highest BCUT2D eigenvalue weighted by Crippen LogP contribution is 2.79. The fourth-order valence-corrected chi connectivity index (χ4v) is 2.31. The third-order valence-electron chi connectivity index (χ3n) is 2.47. The molecule has 10 heavy (non-hydrogen) atoms. The molecule has 4 rings (SSSR count). The lowest BCUT2D eigenvalue weighted by molar-refractivity contribution is 0.657. The van der Waals surface area contributed by atoms with Gasteiger partial charge in [-0.15, -0.1) is 17.3 Å². The van der Waals surface area contributed by atoms with Crippen LogP contribution in [0, 0.1) is 11.8 Å². The van der Waals surface area contributed by atoms with Crippen molar-refractivity contribution in [1.82, 2.24) is 0 Å². The first kappa shape index (κ1) is 5.17. The molecule has 0 aliphatic heterocycles. The summed E-state index contributed by atoms with van der Waals surface area (Å²) in [5, 5.41) is 0. The number of hydrogen-bond acceptors (Lipinski definition) is 0. The van der Waals surface area contributed by atoms with Crippen LogP contribution in [0.15, 0.2) is 29.3 Å². The number of rotatable bonds is 0. The average Bonchev–Trinajstić information content (AvgIpc) is 2.64. The molecular weight excluding hydrogens is 151 g/mol. The third-order valence-corrected chi connectivity index (χ3v) is 3.05. The van der Waals surface area contributed by atoms with Crippen molar-refractivity contribution in [3.05, 3.63) is 29.3 Å². The molecule has 0 nitrogen and oxygen atoms in total. The molecule has 0 amide bonds. The maximum Gasteiger partial charge on any atom is 0.128 e. The summed E-state index contributed by atoms with van der Waals surface area (Å²) >= 11 is 5.98. The lowest BCUT2D eigenvalue weighted by Gasteiger charge is -2.05. The van der Waals surface area contributed by atoms with Gasteiger partial charge in [-0.1, -0.05) is 0 Å². The van der Waals surface area contributed by atoms with Crippen molar-refractivity contribution in [3.8, 4) is 0 Å². The van der Waals surface area contributed by atoms with Gasteiger partial charge in [0.05, 0.1) is 4.87 Å². The van der Waals surface area contributed by atoms with Crippen LogP contribution < -0.4 is 0 Å². The molecule has 0 saturated heterocycles. The van der Waals surface area contributed by atoms with Crippen LogP contribution in [-0.2, 0) is 0 Å².